The molecular formula is C26H38N2O3. The summed E-state index contributed by atoms with van der Waals surface area (Å²) in [6, 6.07) is 18.3. The Bertz CT molecular complexity index is 798. The first-order chi connectivity index (χ1) is 14.5. The summed E-state index contributed by atoms with van der Waals surface area (Å²) in [5, 5.41) is 6.55. The van der Waals surface area contributed by atoms with Gasteiger partial charge in [0.05, 0.1) is 0 Å². The van der Waals surface area contributed by atoms with Crippen LogP contribution in [0.4, 0.5) is 4.79 Å². The van der Waals surface area contributed by atoms with Crippen molar-refractivity contribution in [3.05, 3.63) is 65.7 Å². The first-order valence-corrected chi connectivity index (χ1v) is 11.0. The Morgan fingerprint density at radius 2 is 1.58 bits per heavy atom. The normalized spacial score (nSPS) is 13.5. The quantitative estimate of drug-likeness (QED) is 0.513. The summed E-state index contributed by atoms with van der Waals surface area (Å²) in [6.45, 7) is 13.9. The van der Waals surface area contributed by atoms with E-state index in [-0.39, 0.29) is 11.6 Å². The monoisotopic (exact) mass is 426 g/mol. The predicted molar refractivity (Wildman–Crippen MR) is 126 cm³/mol. The molecule has 5 heteroatoms. The lowest BCUT2D eigenvalue weighted by molar-refractivity contribution is 0.0507. The second kappa shape index (κ2) is 11.2. The smallest absolute Gasteiger partial charge is 0.407 e. The lowest BCUT2D eigenvalue weighted by atomic mass is 9.90. The molecule has 0 aliphatic carbocycles. The standard InChI is InChI=1S/C26H38N2O3/c1-20(2)16-26(6,19-27-24(29)31-25(3,4)5)28-17-21-12-14-23(15-13-21)30-18-22-10-8-7-9-11-22/h7-15,20,28H,16-19H2,1-6H3,(H,27,29). The van der Waals surface area contributed by atoms with E-state index in [1.165, 1.54) is 5.56 Å². The Kier molecular flexibility index (Phi) is 8.93. The molecule has 2 N–H and O–H groups in total. The van der Waals surface area contributed by atoms with Crippen molar-refractivity contribution in [2.45, 2.75) is 72.3 Å². The van der Waals surface area contributed by atoms with Crippen LogP contribution in [0.2, 0.25) is 0 Å². The van der Waals surface area contributed by atoms with Crippen molar-refractivity contribution in [1.29, 1.82) is 0 Å². The third-order valence-corrected chi connectivity index (χ3v) is 4.77. The molecule has 31 heavy (non-hydrogen) atoms. The van der Waals surface area contributed by atoms with Gasteiger partial charge in [0, 0.05) is 18.6 Å². The van der Waals surface area contributed by atoms with E-state index in [1.54, 1.807) is 0 Å². The van der Waals surface area contributed by atoms with Crippen molar-refractivity contribution < 1.29 is 14.3 Å². The molecule has 1 atom stereocenters. The number of rotatable bonds is 10. The molecule has 0 bridgehead atoms. The first kappa shape index (κ1) is 24.7. The molecule has 170 valence electrons. The van der Waals surface area contributed by atoms with Gasteiger partial charge in [0.1, 0.15) is 18.0 Å². The van der Waals surface area contributed by atoms with E-state index >= 15 is 0 Å². The minimum Gasteiger partial charge on any atom is -0.489 e. The fraction of sp³-hybridized carbons (Fsp3) is 0.500. The van der Waals surface area contributed by atoms with E-state index in [0.717, 1.165) is 17.7 Å². The topological polar surface area (TPSA) is 59.6 Å². The Morgan fingerprint density at radius 1 is 0.935 bits per heavy atom. The molecule has 2 aromatic rings. The molecular weight excluding hydrogens is 388 g/mol. The SMILES string of the molecule is CC(C)CC(C)(CNC(=O)OC(C)(C)C)NCc1ccc(OCc2ccccc2)cc1. The maximum Gasteiger partial charge on any atom is 0.407 e. The molecule has 1 unspecified atom stereocenters. The molecule has 0 aromatic heterocycles. The number of hydrogen-bond acceptors (Lipinski definition) is 4. The molecule has 5 nitrogen and oxygen atoms in total. The van der Waals surface area contributed by atoms with Crippen LogP contribution in [0.5, 0.6) is 5.75 Å². The minimum atomic E-state index is -0.504. The van der Waals surface area contributed by atoms with E-state index in [9.17, 15) is 4.79 Å². The fourth-order valence-corrected chi connectivity index (χ4v) is 3.45. The Labute approximate surface area is 187 Å². The average molecular weight is 427 g/mol. The predicted octanol–water partition coefficient (Wildman–Crippen LogP) is 5.68. The molecule has 0 aliphatic heterocycles. The average Bonchev–Trinajstić information content (AvgIpc) is 2.69. The van der Waals surface area contributed by atoms with Crippen LogP contribution >= 0.6 is 0 Å². The fourth-order valence-electron chi connectivity index (χ4n) is 3.45. The van der Waals surface area contributed by atoms with E-state index in [4.69, 9.17) is 9.47 Å². The van der Waals surface area contributed by atoms with Crippen molar-refractivity contribution in [2.75, 3.05) is 6.54 Å². The zero-order valence-electron chi connectivity index (χ0n) is 19.8. The van der Waals surface area contributed by atoms with Crippen molar-refractivity contribution in [1.82, 2.24) is 10.6 Å². The van der Waals surface area contributed by atoms with Crippen LogP contribution in [0.3, 0.4) is 0 Å². The van der Waals surface area contributed by atoms with Crippen molar-refractivity contribution >= 4 is 6.09 Å². The van der Waals surface area contributed by atoms with Gasteiger partial charge < -0.3 is 20.1 Å². The van der Waals surface area contributed by atoms with Crippen LogP contribution in [0.1, 0.15) is 59.1 Å². The van der Waals surface area contributed by atoms with E-state index < -0.39 is 5.60 Å². The number of nitrogens with one attached hydrogen (secondary N) is 2. The number of amides is 1. The summed E-state index contributed by atoms with van der Waals surface area (Å²) in [5.41, 5.74) is 1.57. The third kappa shape index (κ3) is 9.88. The Morgan fingerprint density at radius 3 is 2.16 bits per heavy atom. The van der Waals surface area contributed by atoms with Crippen molar-refractivity contribution in [2.24, 2.45) is 5.92 Å². The van der Waals surface area contributed by atoms with E-state index in [0.29, 0.717) is 25.6 Å². The number of carbonyl (C=O) groups excluding carboxylic acids is 1. The number of benzene rings is 2. The van der Waals surface area contributed by atoms with Gasteiger partial charge in [0.2, 0.25) is 0 Å². The van der Waals surface area contributed by atoms with Gasteiger partial charge in [0.15, 0.2) is 0 Å². The molecule has 2 aromatic carbocycles. The second-order valence-electron chi connectivity index (χ2n) is 9.79. The van der Waals surface area contributed by atoms with Crippen LogP contribution in [0.15, 0.2) is 54.6 Å². The molecule has 0 aliphatic rings. The number of hydrogen-bond donors (Lipinski definition) is 2. The summed E-state index contributed by atoms with van der Waals surface area (Å²) in [7, 11) is 0. The van der Waals surface area contributed by atoms with Gasteiger partial charge in [0.25, 0.3) is 0 Å². The zero-order chi connectivity index (χ0) is 22.9. The number of carbonyl (C=O) groups is 1. The van der Waals surface area contributed by atoms with Crippen LogP contribution in [-0.2, 0) is 17.9 Å². The lowest BCUT2D eigenvalue weighted by Crippen LogP contribution is -2.52. The maximum absolute atomic E-state index is 12.1. The summed E-state index contributed by atoms with van der Waals surface area (Å²) >= 11 is 0. The van der Waals surface area contributed by atoms with Crippen LogP contribution in [-0.4, -0.2) is 23.8 Å². The highest BCUT2D eigenvalue weighted by molar-refractivity contribution is 5.67. The van der Waals surface area contributed by atoms with Gasteiger partial charge in [-0.3, -0.25) is 0 Å². The number of ether oxygens (including phenoxy) is 2. The van der Waals surface area contributed by atoms with Gasteiger partial charge in [-0.15, -0.1) is 0 Å². The summed E-state index contributed by atoms with van der Waals surface area (Å²) < 4.78 is 11.2. The largest absolute Gasteiger partial charge is 0.489 e. The summed E-state index contributed by atoms with van der Waals surface area (Å²) in [4.78, 5) is 12.1. The second-order valence-corrected chi connectivity index (χ2v) is 9.79. The molecule has 0 spiro atoms. The molecule has 0 fully saturated rings. The molecule has 0 saturated carbocycles. The van der Waals surface area contributed by atoms with Gasteiger partial charge in [-0.2, -0.15) is 0 Å². The molecule has 0 heterocycles. The molecule has 1 amide bonds. The number of alkyl carbamates (subject to hydrolysis) is 1. The Balaban J connectivity index is 1.89. The van der Waals surface area contributed by atoms with Crippen LogP contribution in [0.25, 0.3) is 0 Å². The van der Waals surface area contributed by atoms with Gasteiger partial charge in [-0.1, -0.05) is 56.3 Å². The van der Waals surface area contributed by atoms with Crippen molar-refractivity contribution in [3.8, 4) is 5.75 Å². The summed E-state index contributed by atoms with van der Waals surface area (Å²) in [6.07, 6.45) is 0.547. The van der Waals surface area contributed by atoms with Crippen LogP contribution < -0.4 is 15.4 Å². The molecule has 0 saturated heterocycles. The molecule has 2 rings (SSSR count). The van der Waals surface area contributed by atoms with Gasteiger partial charge in [-0.05, 0) is 63.3 Å². The maximum atomic E-state index is 12.1. The van der Waals surface area contributed by atoms with Gasteiger partial charge >= 0.3 is 6.09 Å². The van der Waals surface area contributed by atoms with Crippen LogP contribution in [0, 0.1) is 5.92 Å². The third-order valence-electron chi connectivity index (χ3n) is 4.77. The first-order valence-electron chi connectivity index (χ1n) is 11.0. The van der Waals surface area contributed by atoms with Crippen molar-refractivity contribution in [3.63, 3.8) is 0 Å². The zero-order valence-corrected chi connectivity index (χ0v) is 19.8. The highest BCUT2D eigenvalue weighted by Crippen LogP contribution is 2.19. The Hall–Kier alpha value is -2.53. The van der Waals surface area contributed by atoms with Gasteiger partial charge in [-0.25, -0.2) is 4.79 Å². The molecule has 0 radical (unpaired) electrons. The highest BCUT2D eigenvalue weighted by Gasteiger charge is 2.27. The summed E-state index contributed by atoms with van der Waals surface area (Å²) in [5.74, 6) is 1.34. The highest BCUT2D eigenvalue weighted by atomic mass is 16.6. The lowest BCUT2D eigenvalue weighted by Gasteiger charge is -2.33. The van der Waals surface area contributed by atoms with E-state index in [2.05, 4.69) is 55.7 Å². The van der Waals surface area contributed by atoms with E-state index in [1.807, 2.05) is 51.1 Å². The minimum absolute atomic E-state index is 0.243.